The minimum atomic E-state index is -1.01. The van der Waals surface area contributed by atoms with Crippen LogP contribution >= 0.6 is 0 Å². The highest BCUT2D eigenvalue weighted by atomic mass is 16.6. The molecule has 0 spiro atoms. The lowest BCUT2D eigenvalue weighted by Gasteiger charge is -2.19. The highest BCUT2D eigenvalue weighted by Gasteiger charge is 2.53. The smallest absolute Gasteiger partial charge is 0.331 e. The van der Waals surface area contributed by atoms with Crippen molar-refractivity contribution in [1.29, 1.82) is 0 Å². The molecule has 2 aliphatic carbocycles. The Morgan fingerprint density at radius 2 is 1.03 bits per heavy atom. The van der Waals surface area contributed by atoms with Crippen LogP contribution in [-0.2, 0) is 47.7 Å². The van der Waals surface area contributed by atoms with Crippen LogP contribution in [0.4, 0.5) is 0 Å². The predicted molar refractivity (Wildman–Crippen MR) is 228 cm³/mol. The average molecular weight is 851 g/mol. The lowest BCUT2D eigenvalue weighted by atomic mass is 9.84. The summed E-state index contributed by atoms with van der Waals surface area (Å²) in [6.07, 6.45) is 21.9. The molecule has 0 radical (unpaired) electrons. The van der Waals surface area contributed by atoms with E-state index in [9.17, 15) is 39.0 Å². The number of unbranched alkanes of at least 4 members (excludes halogenated alkanes) is 6. The molecular weight excluding hydrogens is 785 g/mol. The Bertz CT molecular complexity index is 1620. The Morgan fingerprint density at radius 3 is 1.41 bits per heavy atom. The third-order valence-electron chi connectivity index (χ3n) is 12.4. The van der Waals surface area contributed by atoms with Crippen LogP contribution in [0.1, 0.15) is 123 Å². The highest BCUT2D eigenvalue weighted by molar-refractivity contribution is 5.95. The molecule has 14 heteroatoms. The van der Waals surface area contributed by atoms with Crippen LogP contribution in [0.15, 0.2) is 71.9 Å². The number of nitrogens with one attached hydrogen (secondary N) is 2. The number of carbonyl (C=O) groups excluding carboxylic acids is 4. The number of aliphatic carboxylic acids is 2. The fraction of sp³-hybridized carbons (Fsp3) is 0.617. The standard InChI is InChI=1S/C47H66N2O12/c1-32(44(54)55)36-18-16-34(14-12-24-46(3)38(28-36)60-46)30-58-42(52)22-20-40(50)48-26-10-8-6-5-7-9-11-27-49-41(51)21-23-43(53)59-31-35-15-13-25-47(4)39(61-47)29-37(19-17-35)33(2)45(56)57/h14-15,20-23,36-39H,1-2,5-13,16-19,24-31H2,3-4H3,(H,48,50)(H,49,51)(H,54,55)(H,56,57)/b22-20+,23-21+,34-14+,35-15+/t36-,37-,38+,39+,46-,47-/m1/s1. The van der Waals surface area contributed by atoms with Crippen LogP contribution < -0.4 is 10.6 Å². The van der Waals surface area contributed by atoms with Crippen LogP contribution in [-0.4, -0.2) is 95.6 Å². The maximum absolute atomic E-state index is 12.3. The van der Waals surface area contributed by atoms with Crippen molar-refractivity contribution >= 4 is 35.7 Å². The maximum atomic E-state index is 12.3. The summed E-state index contributed by atoms with van der Waals surface area (Å²) in [6, 6.07) is 0. The fourth-order valence-electron chi connectivity index (χ4n) is 8.05. The summed E-state index contributed by atoms with van der Waals surface area (Å²) in [4.78, 5) is 72.2. The van der Waals surface area contributed by atoms with Crippen LogP contribution in [0.5, 0.6) is 0 Å². The van der Waals surface area contributed by atoms with Gasteiger partial charge < -0.3 is 39.8 Å². The predicted octanol–water partition coefficient (Wildman–Crippen LogP) is 6.76. The Labute approximate surface area is 359 Å². The molecule has 0 aromatic carbocycles. The summed E-state index contributed by atoms with van der Waals surface area (Å²) in [5.41, 5.74) is 1.61. The Kier molecular flexibility index (Phi) is 19.2. The normalized spacial score (nSPS) is 28.0. The molecule has 4 aliphatic rings. The molecule has 4 rings (SSSR count). The molecule has 0 aromatic heterocycles. The number of allylic oxidation sites excluding steroid dienone is 2. The van der Waals surface area contributed by atoms with Crippen molar-refractivity contribution in [2.24, 2.45) is 11.8 Å². The number of esters is 2. The van der Waals surface area contributed by atoms with Gasteiger partial charge in [0.25, 0.3) is 0 Å². The molecule has 0 aromatic rings. The van der Waals surface area contributed by atoms with Crippen LogP contribution in [0.2, 0.25) is 0 Å². The first kappa shape index (κ1) is 48.8. The van der Waals surface area contributed by atoms with Crippen molar-refractivity contribution in [3.8, 4) is 0 Å². The van der Waals surface area contributed by atoms with Gasteiger partial charge in [0.2, 0.25) is 11.8 Å². The van der Waals surface area contributed by atoms with Gasteiger partial charge in [-0.2, -0.15) is 0 Å². The molecule has 14 nitrogen and oxygen atoms in total. The van der Waals surface area contributed by atoms with Gasteiger partial charge in [-0.1, -0.05) is 57.4 Å². The van der Waals surface area contributed by atoms with Gasteiger partial charge >= 0.3 is 23.9 Å². The van der Waals surface area contributed by atoms with Gasteiger partial charge in [-0.05, 0) is 114 Å². The molecule has 0 saturated carbocycles. The van der Waals surface area contributed by atoms with E-state index >= 15 is 0 Å². The van der Waals surface area contributed by atoms with Crippen molar-refractivity contribution in [3.63, 3.8) is 0 Å². The van der Waals surface area contributed by atoms with E-state index < -0.39 is 23.9 Å². The lowest BCUT2D eigenvalue weighted by molar-refractivity contribution is -0.137. The van der Waals surface area contributed by atoms with E-state index in [-0.39, 0.29) is 71.4 Å². The SMILES string of the molecule is C=C(C(=O)O)[C@@H]1CC/C(COC(=O)/C=C/C(=O)NCCCCCCCCCNC(=O)/C=C/C(=O)OC/C2=C/CC[C@@]3(C)O[C@H]3C[C@H](C(=C)C(=O)O)CC2)=C\CC[C@@]2(C)O[C@H]2C1. The number of fused-ring (bicyclic) bond motifs is 2. The molecular formula is C47H66N2O12. The van der Waals surface area contributed by atoms with Gasteiger partial charge in [0, 0.05) is 48.5 Å². The Hall–Kier alpha value is -4.82. The number of rotatable bonds is 22. The molecule has 2 amide bonds. The molecule has 0 unspecified atom stereocenters. The van der Waals surface area contributed by atoms with Gasteiger partial charge in [-0.25, -0.2) is 19.2 Å². The second-order valence-corrected chi connectivity index (χ2v) is 17.2. The molecule has 2 saturated heterocycles. The zero-order chi connectivity index (χ0) is 44.4. The van der Waals surface area contributed by atoms with Crippen molar-refractivity contribution in [2.75, 3.05) is 26.3 Å². The molecule has 6 atom stereocenters. The minimum absolute atomic E-state index is 0.0305. The molecule has 2 aliphatic heterocycles. The molecule has 61 heavy (non-hydrogen) atoms. The first-order valence-corrected chi connectivity index (χ1v) is 21.9. The number of hydrogen-bond donors (Lipinski definition) is 4. The van der Waals surface area contributed by atoms with Crippen LogP contribution in [0.25, 0.3) is 0 Å². The largest absolute Gasteiger partial charge is 0.478 e. The Balaban J connectivity index is 0.988. The first-order valence-electron chi connectivity index (χ1n) is 21.9. The zero-order valence-corrected chi connectivity index (χ0v) is 36.0. The number of carboxylic acids is 2. The number of carboxylic acid groups (broad SMARTS) is 2. The summed E-state index contributed by atoms with van der Waals surface area (Å²) in [7, 11) is 0. The summed E-state index contributed by atoms with van der Waals surface area (Å²) in [5.74, 6) is -4.48. The van der Waals surface area contributed by atoms with E-state index in [0.29, 0.717) is 51.6 Å². The van der Waals surface area contributed by atoms with Crippen LogP contribution in [0, 0.1) is 11.8 Å². The van der Waals surface area contributed by atoms with Crippen molar-refractivity contribution in [2.45, 2.75) is 146 Å². The second kappa shape index (κ2) is 24.0. The monoisotopic (exact) mass is 850 g/mol. The van der Waals surface area contributed by atoms with Gasteiger partial charge in [0.1, 0.15) is 13.2 Å². The van der Waals surface area contributed by atoms with Gasteiger partial charge in [0.15, 0.2) is 0 Å². The molecule has 336 valence electrons. The molecule has 2 heterocycles. The van der Waals surface area contributed by atoms with Gasteiger partial charge in [-0.15, -0.1) is 0 Å². The summed E-state index contributed by atoms with van der Waals surface area (Å²) in [5, 5.41) is 24.5. The lowest BCUT2D eigenvalue weighted by Crippen LogP contribution is -2.22. The molecule has 2 fully saturated rings. The van der Waals surface area contributed by atoms with Gasteiger partial charge in [-0.3, -0.25) is 9.59 Å². The number of epoxide rings is 2. The second-order valence-electron chi connectivity index (χ2n) is 17.2. The van der Waals surface area contributed by atoms with Crippen molar-refractivity contribution in [1.82, 2.24) is 10.6 Å². The van der Waals surface area contributed by atoms with Gasteiger partial charge in [0.05, 0.1) is 23.4 Å². The van der Waals surface area contributed by atoms with E-state index in [1.54, 1.807) is 0 Å². The minimum Gasteiger partial charge on any atom is -0.478 e. The number of ether oxygens (including phenoxy) is 4. The molecule has 4 N–H and O–H groups in total. The number of carbonyl (C=O) groups is 6. The van der Waals surface area contributed by atoms with E-state index in [4.69, 9.17) is 18.9 Å². The topological polar surface area (TPSA) is 210 Å². The van der Waals surface area contributed by atoms with Crippen LogP contribution in [0.3, 0.4) is 0 Å². The summed E-state index contributed by atoms with van der Waals surface area (Å²) in [6.45, 7) is 12.7. The third-order valence-corrected chi connectivity index (χ3v) is 12.4. The fourth-order valence-corrected chi connectivity index (χ4v) is 8.05. The first-order chi connectivity index (χ1) is 29.1. The third kappa shape index (κ3) is 17.2. The average Bonchev–Trinajstić information content (AvgIpc) is 4.09. The highest BCUT2D eigenvalue weighted by Crippen LogP contribution is 2.47. The van der Waals surface area contributed by atoms with Crippen molar-refractivity contribution in [3.05, 3.63) is 71.9 Å². The van der Waals surface area contributed by atoms with E-state index in [1.165, 1.54) is 12.2 Å². The van der Waals surface area contributed by atoms with E-state index in [1.807, 2.05) is 26.0 Å². The van der Waals surface area contributed by atoms with E-state index in [2.05, 4.69) is 23.8 Å². The zero-order valence-electron chi connectivity index (χ0n) is 36.0. The number of hydrogen-bond acceptors (Lipinski definition) is 10. The maximum Gasteiger partial charge on any atom is 0.331 e. The summed E-state index contributed by atoms with van der Waals surface area (Å²) >= 11 is 0. The van der Waals surface area contributed by atoms with E-state index in [0.717, 1.165) is 93.9 Å². The summed E-state index contributed by atoms with van der Waals surface area (Å²) < 4.78 is 22.5. The number of amides is 2. The Morgan fingerprint density at radius 1 is 0.656 bits per heavy atom. The molecule has 0 bridgehead atoms. The van der Waals surface area contributed by atoms with Crippen molar-refractivity contribution < 1.29 is 57.9 Å². The quantitative estimate of drug-likeness (QED) is 0.0293.